The highest BCUT2D eigenvalue weighted by Crippen LogP contribution is 2.25. The van der Waals surface area contributed by atoms with Crippen LogP contribution in [0.4, 0.5) is 0 Å². The van der Waals surface area contributed by atoms with Gasteiger partial charge in [0.25, 0.3) is 0 Å². The molecule has 1 N–H and O–H groups in total. The van der Waals surface area contributed by atoms with Crippen LogP contribution in [0, 0.1) is 5.92 Å². The fourth-order valence-electron chi connectivity index (χ4n) is 2.42. The molecule has 1 amide bonds. The van der Waals surface area contributed by atoms with E-state index in [-0.39, 0.29) is 5.91 Å². The normalized spacial score (nSPS) is 29.9. The summed E-state index contributed by atoms with van der Waals surface area (Å²) >= 11 is 0. The van der Waals surface area contributed by atoms with Crippen molar-refractivity contribution < 1.29 is 9.53 Å². The average Bonchev–Trinajstić information content (AvgIpc) is 2.27. The van der Waals surface area contributed by atoms with E-state index in [0.29, 0.717) is 25.7 Å². The van der Waals surface area contributed by atoms with E-state index in [4.69, 9.17) is 4.74 Å². The maximum atomic E-state index is 11.8. The number of amides is 1. The van der Waals surface area contributed by atoms with Crippen LogP contribution in [0.2, 0.25) is 0 Å². The van der Waals surface area contributed by atoms with Gasteiger partial charge in [-0.05, 0) is 18.8 Å². The minimum absolute atomic E-state index is 0.267. The highest BCUT2D eigenvalue weighted by molar-refractivity contribution is 5.76. The van der Waals surface area contributed by atoms with E-state index in [0.717, 1.165) is 25.6 Å². The maximum Gasteiger partial charge on any atom is 0.224 e. The Morgan fingerprint density at radius 1 is 1.38 bits per heavy atom. The molecule has 1 aliphatic carbocycles. The lowest BCUT2D eigenvalue weighted by Crippen LogP contribution is -2.44. The van der Waals surface area contributed by atoms with Crippen LogP contribution in [0.25, 0.3) is 0 Å². The van der Waals surface area contributed by atoms with Gasteiger partial charge in [0.2, 0.25) is 5.91 Å². The monoisotopic (exact) mass is 226 g/mol. The summed E-state index contributed by atoms with van der Waals surface area (Å²) in [7, 11) is 0. The molecule has 0 radical (unpaired) electrons. The number of nitrogens with one attached hydrogen (secondary N) is 1. The molecular formula is C12H22N2O2. The molecule has 1 saturated heterocycles. The average molecular weight is 226 g/mol. The summed E-state index contributed by atoms with van der Waals surface area (Å²) in [5.74, 6) is 1.13. The molecule has 0 atom stereocenters. The number of ether oxygens (including phenoxy) is 1. The van der Waals surface area contributed by atoms with Gasteiger partial charge in [-0.2, -0.15) is 0 Å². The predicted molar refractivity (Wildman–Crippen MR) is 62.2 cm³/mol. The topological polar surface area (TPSA) is 41.6 Å². The summed E-state index contributed by atoms with van der Waals surface area (Å²) in [6, 6.07) is 0.660. The summed E-state index contributed by atoms with van der Waals surface area (Å²) in [4.78, 5) is 13.7. The van der Waals surface area contributed by atoms with Crippen LogP contribution >= 0.6 is 0 Å². The van der Waals surface area contributed by atoms with Crippen LogP contribution in [0.1, 0.15) is 26.2 Å². The van der Waals surface area contributed by atoms with E-state index in [1.807, 2.05) is 4.90 Å². The van der Waals surface area contributed by atoms with Gasteiger partial charge in [0.1, 0.15) is 0 Å². The third kappa shape index (κ3) is 3.19. The Morgan fingerprint density at radius 2 is 2.06 bits per heavy atom. The van der Waals surface area contributed by atoms with Crippen LogP contribution in [-0.2, 0) is 9.53 Å². The molecule has 0 spiro atoms. The van der Waals surface area contributed by atoms with Gasteiger partial charge < -0.3 is 15.0 Å². The van der Waals surface area contributed by atoms with Crippen molar-refractivity contribution in [2.24, 2.45) is 5.92 Å². The Labute approximate surface area is 97.3 Å². The van der Waals surface area contributed by atoms with Crippen LogP contribution in [0.15, 0.2) is 0 Å². The minimum atomic E-state index is 0.267. The van der Waals surface area contributed by atoms with Gasteiger partial charge >= 0.3 is 0 Å². The van der Waals surface area contributed by atoms with Crippen molar-refractivity contribution in [3.05, 3.63) is 0 Å². The minimum Gasteiger partial charge on any atom is -0.378 e. The first-order chi connectivity index (χ1) is 7.75. The van der Waals surface area contributed by atoms with E-state index >= 15 is 0 Å². The quantitative estimate of drug-likeness (QED) is 0.764. The van der Waals surface area contributed by atoms with Gasteiger partial charge in [0.15, 0.2) is 0 Å². The number of carbonyl (C=O) groups excluding carboxylic acids is 1. The number of nitrogens with zero attached hydrogens (tertiary/aromatic N) is 1. The lowest BCUT2D eigenvalue weighted by Gasteiger charge is -2.33. The summed E-state index contributed by atoms with van der Waals surface area (Å²) in [6.07, 6.45) is 3.17. The van der Waals surface area contributed by atoms with E-state index in [1.54, 1.807) is 0 Å². The first kappa shape index (κ1) is 11.9. The predicted octanol–water partition coefficient (Wildman–Crippen LogP) is 0.623. The Balaban J connectivity index is 1.56. The molecule has 2 aliphatic rings. The first-order valence-corrected chi connectivity index (χ1v) is 6.34. The van der Waals surface area contributed by atoms with Crippen LogP contribution in [0.3, 0.4) is 0 Å². The second-order valence-electron chi connectivity index (χ2n) is 4.97. The zero-order valence-electron chi connectivity index (χ0n) is 10.1. The molecule has 1 saturated carbocycles. The van der Waals surface area contributed by atoms with Crippen LogP contribution < -0.4 is 5.32 Å². The Morgan fingerprint density at radius 3 is 2.69 bits per heavy atom. The van der Waals surface area contributed by atoms with Gasteiger partial charge in [-0.3, -0.25) is 4.79 Å². The second kappa shape index (κ2) is 5.64. The highest BCUT2D eigenvalue weighted by atomic mass is 16.5. The van der Waals surface area contributed by atoms with Gasteiger partial charge in [0.05, 0.1) is 13.2 Å². The van der Waals surface area contributed by atoms with Crippen molar-refractivity contribution in [1.29, 1.82) is 0 Å². The first-order valence-electron chi connectivity index (χ1n) is 6.34. The lowest BCUT2D eigenvalue weighted by atomic mass is 9.82. The molecule has 0 aromatic rings. The van der Waals surface area contributed by atoms with Gasteiger partial charge in [-0.25, -0.2) is 0 Å². The number of carbonyl (C=O) groups is 1. The van der Waals surface area contributed by atoms with E-state index in [1.165, 1.54) is 12.8 Å². The molecule has 4 heteroatoms. The molecule has 1 heterocycles. The van der Waals surface area contributed by atoms with E-state index < -0.39 is 0 Å². The molecule has 2 rings (SSSR count). The molecule has 0 unspecified atom stereocenters. The molecule has 0 aromatic heterocycles. The van der Waals surface area contributed by atoms with Crippen molar-refractivity contribution in [3.8, 4) is 0 Å². The largest absolute Gasteiger partial charge is 0.378 e. The number of hydrogen-bond acceptors (Lipinski definition) is 3. The molecule has 1 aliphatic heterocycles. The lowest BCUT2D eigenvalue weighted by molar-refractivity contribution is -0.135. The van der Waals surface area contributed by atoms with Crippen molar-refractivity contribution in [3.63, 3.8) is 0 Å². The van der Waals surface area contributed by atoms with E-state index in [2.05, 4.69) is 12.2 Å². The Hall–Kier alpha value is -0.610. The van der Waals surface area contributed by atoms with Crippen molar-refractivity contribution in [2.75, 3.05) is 32.8 Å². The fourth-order valence-corrected chi connectivity index (χ4v) is 2.42. The molecule has 0 aromatic carbocycles. The van der Waals surface area contributed by atoms with Crippen LogP contribution in [0.5, 0.6) is 0 Å². The second-order valence-corrected chi connectivity index (χ2v) is 4.97. The Kier molecular flexibility index (Phi) is 4.18. The molecule has 16 heavy (non-hydrogen) atoms. The molecule has 0 bridgehead atoms. The SMILES string of the molecule is CC1CC(NCCC(=O)N2CCOCC2)C1. The van der Waals surface area contributed by atoms with Crippen LogP contribution in [-0.4, -0.2) is 49.7 Å². The summed E-state index contributed by atoms with van der Waals surface area (Å²) in [6.45, 7) is 6.02. The molecular weight excluding hydrogens is 204 g/mol. The van der Waals surface area contributed by atoms with Crippen molar-refractivity contribution in [2.45, 2.75) is 32.2 Å². The summed E-state index contributed by atoms with van der Waals surface area (Å²) in [5.41, 5.74) is 0. The van der Waals surface area contributed by atoms with Crippen molar-refractivity contribution in [1.82, 2.24) is 10.2 Å². The highest BCUT2D eigenvalue weighted by Gasteiger charge is 2.24. The smallest absolute Gasteiger partial charge is 0.224 e. The number of rotatable bonds is 4. The van der Waals surface area contributed by atoms with Gasteiger partial charge in [0, 0.05) is 32.1 Å². The summed E-state index contributed by atoms with van der Waals surface area (Å²) in [5, 5.41) is 3.44. The number of hydrogen-bond donors (Lipinski definition) is 1. The standard InChI is InChI=1S/C12H22N2O2/c1-10-8-11(9-10)13-3-2-12(15)14-4-6-16-7-5-14/h10-11,13H,2-9H2,1H3. The third-order valence-corrected chi connectivity index (χ3v) is 3.51. The zero-order valence-corrected chi connectivity index (χ0v) is 10.1. The summed E-state index contributed by atoms with van der Waals surface area (Å²) < 4.78 is 5.22. The fraction of sp³-hybridized carbons (Fsp3) is 0.917. The van der Waals surface area contributed by atoms with Crippen molar-refractivity contribution >= 4 is 5.91 Å². The van der Waals surface area contributed by atoms with E-state index in [9.17, 15) is 4.79 Å². The van der Waals surface area contributed by atoms with Gasteiger partial charge in [-0.1, -0.05) is 6.92 Å². The van der Waals surface area contributed by atoms with Gasteiger partial charge in [-0.15, -0.1) is 0 Å². The molecule has 92 valence electrons. The maximum absolute atomic E-state index is 11.8. The third-order valence-electron chi connectivity index (χ3n) is 3.51. The number of morpholine rings is 1. The Bertz CT molecular complexity index is 233. The zero-order chi connectivity index (χ0) is 11.4. The molecule has 4 nitrogen and oxygen atoms in total. The molecule has 2 fully saturated rings.